The number of carboxylic acid groups (broad SMARTS) is 1. The number of aromatic nitrogens is 4. The molecule has 1 rings (SSSR count). The van der Waals surface area contributed by atoms with Gasteiger partial charge in [0.1, 0.15) is 0 Å². The lowest BCUT2D eigenvalue weighted by molar-refractivity contribution is 0.0683. The fourth-order valence-corrected chi connectivity index (χ4v) is 0.919. The predicted molar refractivity (Wildman–Crippen MR) is 54.5 cm³/mol. The van der Waals surface area contributed by atoms with Gasteiger partial charge in [0.25, 0.3) is 5.82 Å². The number of H-pyrrole nitrogens is 1. The third-order valence-electron chi connectivity index (χ3n) is 1.20. The van der Waals surface area contributed by atoms with Crippen LogP contribution < -0.4 is 5.32 Å². The van der Waals surface area contributed by atoms with Gasteiger partial charge >= 0.3 is 5.97 Å². The van der Waals surface area contributed by atoms with Gasteiger partial charge in [-0.05, 0) is 5.21 Å². The van der Waals surface area contributed by atoms with Crippen LogP contribution in [0.2, 0.25) is 0 Å². The Morgan fingerprint density at radius 1 is 1.33 bits per heavy atom. The summed E-state index contributed by atoms with van der Waals surface area (Å²) in [6, 6.07) is 1.25. The van der Waals surface area contributed by atoms with E-state index in [9.17, 15) is 4.79 Å². The van der Waals surface area contributed by atoms with Gasteiger partial charge in [-0.3, -0.25) is 0 Å². The normalized spacial score (nSPS) is 10.0. The summed E-state index contributed by atoms with van der Waals surface area (Å²) in [5.74, 6) is -1.50. The molecule has 0 saturated heterocycles. The number of rotatable bonds is 3. The van der Waals surface area contributed by atoms with Crippen LogP contribution in [-0.4, -0.2) is 43.8 Å². The van der Waals surface area contributed by atoms with E-state index >= 15 is 0 Å². The highest BCUT2D eigenvalue weighted by molar-refractivity contribution is 5.82. The first-order valence-electron chi connectivity index (χ1n) is 4.66. The molecule has 0 spiro atoms. The second kappa shape index (κ2) is 6.88. The molecule has 0 radical (unpaired) electrons. The monoisotopic (exact) mass is 215 g/mol. The van der Waals surface area contributed by atoms with Crippen molar-refractivity contribution in [3.63, 3.8) is 0 Å². The van der Waals surface area contributed by atoms with Crippen LogP contribution in [0.4, 0.5) is 0 Å². The van der Waals surface area contributed by atoms with Gasteiger partial charge in [-0.25, -0.2) is 4.79 Å². The molecule has 86 valence electrons. The summed E-state index contributed by atoms with van der Waals surface area (Å²) < 4.78 is 0. The summed E-state index contributed by atoms with van der Waals surface area (Å²) in [6.45, 7) is 8.61. The van der Waals surface area contributed by atoms with Crippen molar-refractivity contribution >= 4 is 5.97 Å². The second-order valence-corrected chi connectivity index (χ2v) is 3.52. The molecular formula is C8H17N5O2. The molecular weight excluding hydrogens is 198 g/mol. The van der Waals surface area contributed by atoms with Crippen LogP contribution in [0.5, 0.6) is 0 Å². The van der Waals surface area contributed by atoms with Crippen LogP contribution in [0, 0.1) is 0 Å². The summed E-state index contributed by atoms with van der Waals surface area (Å²) in [5.41, 5.74) is 0. The minimum Gasteiger partial charge on any atom is -0.475 e. The maximum absolute atomic E-state index is 9.88. The molecule has 1 heterocycles. The fraction of sp³-hybridized carbons (Fsp3) is 0.750. The number of carbonyl (C=O) groups is 1. The van der Waals surface area contributed by atoms with E-state index in [1.54, 1.807) is 0 Å². The Morgan fingerprint density at radius 2 is 1.87 bits per heavy atom. The van der Waals surface area contributed by atoms with Crippen LogP contribution in [0.3, 0.4) is 0 Å². The summed E-state index contributed by atoms with van der Waals surface area (Å²) >= 11 is 0. The molecule has 15 heavy (non-hydrogen) atoms. The molecule has 0 aliphatic carbocycles. The minimum atomic E-state index is -1.18. The van der Waals surface area contributed by atoms with E-state index in [4.69, 9.17) is 5.11 Å². The van der Waals surface area contributed by atoms with Crippen molar-refractivity contribution in [2.45, 2.75) is 39.8 Å². The number of tetrazole rings is 1. The molecule has 0 atom stereocenters. The van der Waals surface area contributed by atoms with Crippen molar-refractivity contribution in [1.29, 1.82) is 0 Å². The van der Waals surface area contributed by atoms with Crippen molar-refractivity contribution in [3.05, 3.63) is 5.82 Å². The fourth-order valence-electron chi connectivity index (χ4n) is 0.919. The summed E-state index contributed by atoms with van der Waals surface area (Å²) in [7, 11) is 0. The third-order valence-corrected chi connectivity index (χ3v) is 1.20. The van der Waals surface area contributed by atoms with Gasteiger partial charge in [-0.1, -0.05) is 27.7 Å². The zero-order valence-electron chi connectivity index (χ0n) is 9.35. The van der Waals surface area contributed by atoms with Crippen molar-refractivity contribution in [3.8, 4) is 0 Å². The Morgan fingerprint density at radius 3 is 2.00 bits per heavy atom. The number of aromatic amines is 1. The topological polar surface area (TPSA) is 104 Å². The number of hydrogen-bond acceptors (Lipinski definition) is 5. The van der Waals surface area contributed by atoms with Gasteiger partial charge in [0, 0.05) is 12.1 Å². The Hall–Kier alpha value is -1.50. The first kappa shape index (κ1) is 13.5. The third kappa shape index (κ3) is 7.56. The highest BCUT2D eigenvalue weighted by atomic mass is 16.4. The Balaban J connectivity index is 0.000000265. The van der Waals surface area contributed by atoms with E-state index in [0.29, 0.717) is 12.1 Å². The smallest absolute Gasteiger partial charge is 0.377 e. The quantitative estimate of drug-likeness (QED) is 0.669. The minimum absolute atomic E-state index is 0.315. The van der Waals surface area contributed by atoms with Crippen LogP contribution in [-0.2, 0) is 0 Å². The van der Waals surface area contributed by atoms with E-state index in [-0.39, 0.29) is 5.82 Å². The average molecular weight is 215 g/mol. The number of nitrogens with one attached hydrogen (secondary N) is 2. The van der Waals surface area contributed by atoms with Crippen molar-refractivity contribution in [2.24, 2.45) is 0 Å². The van der Waals surface area contributed by atoms with E-state index in [1.165, 1.54) is 0 Å². The first-order chi connectivity index (χ1) is 6.93. The van der Waals surface area contributed by atoms with Crippen LogP contribution in [0.15, 0.2) is 0 Å². The molecule has 0 aromatic carbocycles. The van der Waals surface area contributed by atoms with Crippen LogP contribution in [0.25, 0.3) is 0 Å². The van der Waals surface area contributed by atoms with Crippen molar-refractivity contribution < 1.29 is 9.90 Å². The van der Waals surface area contributed by atoms with E-state index in [0.717, 1.165) is 0 Å². The SMILES string of the molecule is CC(C)NC(C)C.O=C(O)c1nn[nH]n1. The summed E-state index contributed by atoms with van der Waals surface area (Å²) in [6.07, 6.45) is 0. The standard InChI is InChI=1S/C6H15N.C2H2N4O2/c1-5(2)7-6(3)4;7-2(8)1-3-5-6-4-1/h5-7H,1-4H3;(H,7,8)(H,3,4,5,6). The predicted octanol–water partition coefficient (Wildman–Crippen LogP) is 0.291. The molecule has 0 bridgehead atoms. The van der Waals surface area contributed by atoms with Gasteiger partial charge in [-0.15, -0.1) is 10.2 Å². The molecule has 0 aliphatic heterocycles. The van der Waals surface area contributed by atoms with Crippen LogP contribution in [0.1, 0.15) is 38.3 Å². The molecule has 1 aromatic heterocycles. The summed E-state index contributed by atoms with van der Waals surface area (Å²) in [4.78, 5) is 9.88. The lowest BCUT2D eigenvalue weighted by atomic mass is 10.3. The van der Waals surface area contributed by atoms with E-state index in [2.05, 4.69) is 48.4 Å². The number of hydrogen-bond donors (Lipinski definition) is 3. The number of aromatic carboxylic acids is 1. The lowest BCUT2D eigenvalue weighted by Gasteiger charge is -2.10. The van der Waals surface area contributed by atoms with Gasteiger partial charge in [-0.2, -0.15) is 5.21 Å². The van der Waals surface area contributed by atoms with E-state index < -0.39 is 5.97 Å². The van der Waals surface area contributed by atoms with E-state index in [1.807, 2.05) is 5.21 Å². The maximum atomic E-state index is 9.88. The zero-order valence-corrected chi connectivity index (χ0v) is 9.35. The van der Waals surface area contributed by atoms with Crippen LogP contribution >= 0.6 is 0 Å². The lowest BCUT2D eigenvalue weighted by Crippen LogP contribution is -2.29. The Bertz CT molecular complexity index is 265. The molecule has 0 amide bonds. The molecule has 0 aliphatic rings. The molecule has 1 aromatic rings. The molecule has 3 N–H and O–H groups in total. The van der Waals surface area contributed by atoms with Gasteiger partial charge in [0.05, 0.1) is 0 Å². The molecule has 0 fully saturated rings. The van der Waals surface area contributed by atoms with Gasteiger partial charge in [0.2, 0.25) is 0 Å². The zero-order chi connectivity index (χ0) is 11.8. The molecule has 7 nitrogen and oxygen atoms in total. The number of nitrogens with zero attached hydrogens (tertiary/aromatic N) is 3. The van der Waals surface area contributed by atoms with Gasteiger partial charge < -0.3 is 10.4 Å². The van der Waals surface area contributed by atoms with Crippen molar-refractivity contribution in [2.75, 3.05) is 0 Å². The average Bonchev–Trinajstić information content (AvgIpc) is 2.52. The largest absolute Gasteiger partial charge is 0.475 e. The first-order valence-corrected chi connectivity index (χ1v) is 4.66. The molecule has 0 unspecified atom stereocenters. The molecule has 7 heteroatoms. The van der Waals surface area contributed by atoms with Crippen molar-refractivity contribution in [1.82, 2.24) is 25.9 Å². The van der Waals surface area contributed by atoms with Gasteiger partial charge in [0.15, 0.2) is 0 Å². The maximum Gasteiger partial charge on any atom is 0.377 e. The number of carboxylic acids is 1. The highest BCUT2D eigenvalue weighted by Crippen LogP contribution is 1.81. The Kier molecular flexibility index (Phi) is 6.19. The molecule has 0 saturated carbocycles. The Labute approximate surface area is 88.3 Å². The second-order valence-electron chi connectivity index (χ2n) is 3.52. The highest BCUT2D eigenvalue weighted by Gasteiger charge is 2.04. The summed E-state index contributed by atoms with van der Waals surface area (Å²) in [5, 5.41) is 22.8.